The highest BCUT2D eigenvalue weighted by atomic mass is 32.2. The minimum atomic E-state index is -0.167. The van der Waals surface area contributed by atoms with E-state index in [0.29, 0.717) is 22.2 Å². The second kappa shape index (κ2) is 8.35. The van der Waals surface area contributed by atoms with Gasteiger partial charge in [-0.3, -0.25) is 4.79 Å². The fourth-order valence-corrected chi connectivity index (χ4v) is 5.21. The van der Waals surface area contributed by atoms with Crippen LogP contribution in [0.4, 0.5) is 0 Å². The van der Waals surface area contributed by atoms with Gasteiger partial charge in [-0.25, -0.2) is 9.66 Å². The van der Waals surface area contributed by atoms with Crippen molar-refractivity contribution >= 4 is 33.3 Å². The van der Waals surface area contributed by atoms with E-state index in [0.717, 1.165) is 32.1 Å². The maximum Gasteiger partial charge on any atom is 0.259 e. The SMILES string of the molecule is Cc1cc(C)cc(OCc2nnc(SC(C)c3nc4sc(C)c(C)c4c(=O)[nH]3)n2N)c1. The number of ether oxygens (including phenoxy) is 1. The zero-order valence-electron chi connectivity index (χ0n) is 18.0. The molecule has 0 amide bonds. The standard InChI is InChI=1S/C21H24N6O2S2/c1-10-6-11(2)8-15(7-10)29-9-16-25-26-21(27(16)22)31-14(5)18-23-19(28)17-12(3)13(4)30-20(17)24-18/h6-8,14H,9,22H2,1-5H3,(H,23,24,28). The minimum absolute atomic E-state index is 0.119. The molecule has 0 saturated carbocycles. The van der Waals surface area contributed by atoms with Gasteiger partial charge in [0.15, 0.2) is 5.82 Å². The van der Waals surface area contributed by atoms with Gasteiger partial charge in [-0.1, -0.05) is 17.8 Å². The smallest absolute Gasteiger partial charge is 0.259 e. The molecule has 3 aromatic heterocycles. The molecule has 0 spiro atoms. The Balaban J connectivity index is 1.50. The molecule has 0 radical (unpaired) electrons. The van der Waals surface area contributed by atoms with Crippen LogP contribution in [0.2, 0.25) is 0 Å². The van der Waals surface area contributed by atoms with Gasteiger partial charge in [-0.15, -0.1) is 21.5 Å². The van der Waals surface area contributed by atoms with Crippen LogP contribution in [0.15, 0.2) is 28.2 Å². The van der Waals surface area contributed by atoms with E-state index in [1.165, 1.54) is 27.8 Å². The third-order valence-corrected chi connectivity index (χ3v) is 7.19. The number of fused-ring (bicyclic) bond motifs is 1. The van der Waals surface area contributed by atoms with Crippen molar-refractivity contribution in [1.82, 2.24) is 24.8 Å². The highest BCUT2D eigenvalue weighted by molar-refractivity contribution is 7.99. The van der Waals surface area contributed by atoms with Crippen LogP contribution in [0.25, 0.3) is 10.2 Å². The second-order valence-corrected chi connectivity index (χ2v) is 10.1. The summed E-state index contributed by atoms with van der Waals surface area (Å²) in [6.07, 6.45) is 0. The number of hydrogen-bond acceptors (Lipinski definition) is 8. The highest BCUT2D eigenvalue weighted by Crippen LogP contribution is 2.33. The first kappa shape index (κ1) is 21.4. The number of nitrogens with zero attached hydrogens (tertiary/aromatic N) is 4. The Hall–Kier alpha value is -2.85. The van der Waals surface area contributed by atoms with Gasteiger partial charge >= 0.3 is 0 Å². The number of aryl methyl sites for hydroxylation is 4. The number of hydrogen-bond donors (Lipinski definition) is 2. The molecule has 31 heavy (non-hydrogen) atoms. The van der Waals surface area contributed by atoms with Crippen molar-refractivity contribution in [1.29, 1.82) is 0 Å². The Morgan fingerprint density at radius 3 is 2.61 bits per heavy atom. The molecule has 0 aliphatic heterocycles. The van der Waals surface area contributed by atoms with Crippen molar-refractivity contribution < 1.29 is 4.74 Å². The number of nitrogens with two attached hydrogens (primary N) is 1. The monoisotopic (exact) mass is 456 g/mol. The molecule has 10 heteroatoms. The van der Waals surface area contributed by atoms with Crippen LogP contribution < -0.4 is 16.1 Å². The number of thioether (sulfide) groups is 1. The lowest BCUT2D eigenvalue weighted by atomic mass is 10.1. The lowest BCUT2D eigenvalue weighted by Gasteiger charge is -2.11. The van der Waals surface area contributed by atoms with E-state index in [4.69, 9.17) is 10.6 Å². The quantitative estimate of drug-likeness (QED) is 0.334. The maximum atomic E-state index is 12.6. The molecule has 0 aliphatic carbocycles. The lowest BCUT2D eigenvalue weighted by Crippen LogP contribution is -2.17. The van der Waals surface area contributed by atoms with Gasteiger partial charge in [0, 0.05) is 4.88 Å². The average molecular weight is 457 g/mol. The van der Waals surface area contributed by atoms with Crippen LogP contribution in [0, 0.1) is 27.7 Å². The molecule has 4 aromatic rings. The summed E-state index contributed by atoms with van der Waals surface area (Å²) >= 11 is 2.91. The van der Waals surface area contributed by atoms with Crippen LogP contribution in [0.3, 0.4) is 0 Å². The van der Waals surface area contributed by atoms with Crippen LogP contribution in [0.1, 0.15) is 45.4 Å². The molecule has 0 saturated heterocycles. The summed E-state index contributed by atoms with van der Waals surface area (Å²) in [7, 11) is 0. The molecule has 1 atom stereocenters. The number of nitrogens with one attached hydrogen (secondary N) is 1. The maximum absolute atomic E-state index is 12.6. The number of benzene rings is 1. The topological polar surface area (TPSA) is 112 Å². The summed E-state index contributed by atoms with van der Waals surface area (Å²) in [6, 6.07) is 6.02. The van der Waals surface area contributed by atoms with Gasteiger partial charge in [-0.2, -0.15) is 0 Å². The summed E-state index contributed by atoms with van der Waals surface area (Å²) < 4.78 is 7.26. The summed E-state index contributed by atoms with van der Waals surface area (Å²) in [6.45, 7) is 10.1. The first-order chi connectivity index (χ1) is 14.7. The predicted molar refractivity (Wildman–Crippen MR) is 124 cm³/mol. The molecule has 1 unspecified atom stereocenters. The first-order valence-electron chi connectivity index (χ1n) is 9.80. The molecule has 1 aromatic carbocycles. The molecule has 8 nitrogen and oxygen atoms in total. The van der Waals surface area contributed by atoms with Crippen molar-refractivity contribution in [2.24, 2.45) is 0 Å². The molecule has 162 valence electrons. The molecule has 3 heterocycles. The third kappa shape index (κ3) is 4.31. The number of nitrogen functional groups attached to an aromatic ring is 1. The second-order valence-electron chi connectivity index (χ2n) is 7.56. The van der Waals surface area contributed by atoms with Crippen molar-refractivity contribution in [2.45, 2.75) is 51.6 Å². The number of H-pyrrole nitrogens is 1. The molecule has 0 aliphatic rings. The summed E-state index contributed by atoms with van der Waals surface area (Å²) in [5.74, 6) is 8.05. The van der Waals surface area contributed by atoms with Crippen LogP contribution in [-0.4, -0.2) is 24.8 Å². The Morgan fingerprint density at radius 2 is 1.90 bits per heavy atom. The van der Waals surface area contributed by atoms with Gasteiger partial charge in [-0.05, 0) is 63.4 Å². The van der Waals surface area contributed by atoms with Gasteiger partial charge in [0.25, 0.3) is 5.56 Å². The molecule has 4 rings (SSSR count). The van der Waals surface area contributed by atoms with Crippen LogP contribution in [-0.2, 0) is 6.61 Å². The Kier molecular flexibility index (Phi) is 5.76. The van der Waals surface area contributed by atoms with Gasteiger partial charge in [0.05, 0.1) is 10.6 Å². The Morgan fingerprint density at radius 1 is 1.19 bits per heavy atom. The highest BCUT2D eigenvalue weighted by Gasteiger charge is 2.19. The van der Waals surface area contributed by atoms with E-state index < -0.39 is 0 Å². The average Bonchev–Trinajstić information content (AvgIpc) is 3.19. The predicted octanol–water partition coefficient (Wildman–Crippen LogP) is 3.96. The van der Waals surface area contributed by atoms with E-state index in [9.17, 15) is 4.79 Å². The van der Waals surface area contributed by atoms with E-state index >= 15 is 0 Å². The van der Waals surface area contributed by atoms with E-state index in [1.54, 1.807) is 0 Å². The zero-order valence-corrected chi connectivity index (χ0v) is 19.6. The normalized spacial score (nSPS) is 12.4. The zero-order chi connectivity index (χ0) is 22.3. The molecular weight excluding hydrogens is 432 g/mol. The van der Waals surface area contributed by atoms with Gasteiger partial charge < -0.3 is 15.6 Å². The van der Waals surface area contributed by atoms with Crippen LogP contribution >= 0.6 is 23.1 Å². The van der Waals surface area contributed by atoms with Crippen molar-refractivity contribution in [3.63, 3.8) is 0 Å². The fourth-order valence-electron chi connectivity index (χ4n) is 3.33. The van der Waals surface area contributed by atoms with Gasteiger partial charge in [0.1, 0.15) is 23.0 Å². The summed E-state index contributed by atoms with van der Waals surface area (Å²) in [5.41, 5.74) is 3.12. The number of thiophene rings is 1. The molecule has 3 N–H and O–H groups in total. The summed E-state index contributed by atoms with van der Waals surface area (Å²) in [5, 5.41) is 9.36. The largest absolute Gasteiger partial charge is 0.486 e. The fraction of sp³-hybridized carbons (Fsp3) is 0.333. The number of aromatic nitrogens is 5. The molecular formula is C21H24N6O2S2. The molecule has 0 bridgehead atoms. The van der Waals surface area contributed by atoms with Crippen LogP contribution in [0.5, 0.6) is 5.75 Å². The number of aromatic amines is 1. The lowest BCUT2D eigenvalue weighted by molar-refractivity contribution is 0.291. The summed E-state index contributed by atoms with van der Waals surface area (Å²) in [4.78, 5) is 22.0. The van der Waals surface area contributed by atoms with E-state index in [-0.39, 0.29) is 17.4 Å². The van der Waals surface area contributed by atoms with E-state index in [1.807, 2.05) is 46.8 Å². The molecule has 0 fully saturated rings. The number of rotatable bonds is 6. The van der Waals surface area contributed by atoms with Gasteiger partial charge in [0.2, 0.25) is 5.16 Å². The Labute approximate surface area is 187 Å². The van der Waals surface area contributed by atoms with Crippen molar-refractivity contribution in [2.75, 3.05) is 5.84 Å². The minimum Gasteiger partial charge on any atom is -0.486 e. The van der Waals surface area contributed by atoms with E-state index in [2.05, 4.69) is 26.2 Å². The first-order valence-corrected chi connectivity index (χ1v) is 11.5. The van der Waals surface area contributed by atoms with Crippen molar-refractivity contribution in [3.8, 4) is 5.75 Å². The Bertz CT molecular complexity index is 1300. The van der Waals surface area contributed by atoms with Crippen molar-refractivity contribution in [3.05, 3.63) is 61.8 Å². The third-order valence-electron chi connectivity index (χ3n) is 5.02.